The Kier molecular flexibility index (Phi) is 2.15. The van der Waals surface area contributed by atoms with Gasteiger partial charge in [-0.2, -0.15) is 10.1 Å². The highest BCUT2D eigenvalue weighted by Crippen LogP contribution is 2.25. The number of nitrogens with two attached hydrogens (primary N) is 1. The number of fused-ring (bicyclic) bond motifs is 1. The van der Waals surface area contributed by atoms with Crippen LogP contribution >= 0.6 is 0 Å². The third-order valence-electron chi connectivity index (χ3n) is 2.58. The topological polar surface area (TPSA) is 96.7 Å². The van der Waals surface area contributed by atoms with Crippen LogP contribution in [0.2, 0.25) is 0 Å². The Labute approximate surface area is 102 Å². The summed E-state index contributed by atoms with van der Waals surface area (Å²) in [6, 6.07) is 0. The maximum atomic E-state index is 5.91. The van der Waals surface area contributed by atoms with Crippen molar-refractivity contribution in [1.82, 2.24) is 29.3 Å². The highest BCUT2D eigenvalue weighted by atomic mass is 16.5. The van der Waals surface area contributed by atoms with Gasteiger partial charge in [-0.3, -0.25) is 9.25 Å². The van der Waals surface area contributed by atoms with E-state index in [0.717, 1.165) is 5.69 Å². The van der Waals surface area contributed by atoms with Crippen LogP contribution in [0.25, 0.3) is 16.9 Å². The number of rotatable bonds is 2. The van der Waals surface area contributed by atoms with Gasteiger partial charge in [0.2, 0.25) is 11.8 Å². The quantitative estimate of drug-likeness (QED) is 0.689. The lowest BCUT2D eigenvalue weighted by atomic mass is 10.5. The number of methoxy groups -OCH3 is 1. The smallest absolute Gasteiger partial charge is 0.245 e. The van der Waals surface area contributed by atoms with E-state index in [1.807, 2.05) is 13.2 Å². The molecule has 0 bridgehead atoms. The van der Waals surface area contributed by atoms with Crippen LogP contribution in [0.3, 0.4) is 0 Å². The number of aromatic nitrogens is 6. The van der Waals surface area contributed by atoms with Gasteiger partial charge in [-0.15, -0.1) is 0 Å². The minimum absolute atomic E-state index is 0.316. The van der Waals surface area contributed by atoms with Gasteiger partial charge < -0.3 is 10.5 Å². The van der Waals surface area contributed by atoms with E-state index in [4.69, 9.17) is 10.5 Å². The van der Waals surface area contributed by atoms with Crippen molar-refractivity contribution in [2.45, 2.75) is 0 Å². The van der Waals surface area contributed by atoms with Gasteiger partial charge in [-0.05, 0) is 0 Å². The molecule has 8 heteroatoms. The second-order valence-electron chi connectivity index (χ2n) is 3.73. The first-order valence-corrected chi connectivity index (χ1v) is 5.22. The molecule has 0 saturated heterocycles. The van der Waals surface area contributed by atoms with Crippen molar-refractivity contribution in [1.29, 1.82) is 0 Å². The normalized spacial score (nSPS) is 11.0. The average molecular weight is 245 g/mol. The highest BCUT2D eigenvalue weighted by molar-refractivity contribution is 5.80. The van der Waals surface area contributed by atoms with E-state index in [1.54, 1.807) is 15.4 Å². The molecule has 0 fully saturated rings. The third kappa shape index (κ3) is 1.39. The first-order chi connectivity index (χ1) is 8.70. The Balaban J connectivity index is 2.33. The standard InChI is InChI=1S/C10H11N7O/c1-16-4-6(3-14-16)17-8-7(15-10(17)11)9(18-2)13-5-12-8/h3-5H,1-2H3,(H2,11,15). The minimum atomic E-state index is 0.316. The number of ether oxygens (including phenoxy) is 1. The fourth-order valence-electron chi connectivity index (χ4n) is 1.82. The fraction of sp³-hybridized carbons (Fsp3) is 0.200. The van der Waals surface area contributed by atoms with Crippen molar-refractivity contribution < 1.29 is 4.74 Å². The second kappa shape index (κ2) is 3.69. The van der Waals surface area contributed by atoms with Gasteiger partial charge in [0, 0.05) is 13.2 Å². The lowest BCUT2D eigenvalue weighted by Gasteiger charge is -2.01. The Morgan fingerprint density at radius 3 is 2.83 bits per heavy atom. The van der Waals surface area contributed by atoms with Crippen molar-refractivity contribution in [2.75, 3.05) is 12.8 Å². The molecule has 92 valence electrons. The number of nitrogen functional groups attached to an aromatic ring is 1. The van der Waals surface area contributed by atoms with Crippen LogP contribution in [0.1, 0.15) is 0 Å². The number of nitrogens with zero attached hydrogens (tertiary/aromatic N) is 6. The van der Waals surface area contributed by atoms with Gasteiger partial charge in [-0.1, -0.05) is 0 Å². The van der Waals surface area contributed by atoms with Crippen molar-refractivity contribution in [3.8, 4) is 11.6 Å². The lowest BCUT2D eigenvalue weighted by Crippen LogP contribution is -2.00. The first kappa shape index (κ1) is 10.5. The zero-order valence-corrected chi connectivity index (χ0v) is 9.90. The van der Waals surface area contributed by atoms with E-state index >= 15 is 0 Å². The van der Waals surface area contributed by atoms with Gasteiger partial charge in [0.15, 0.2) is 11.2 Å². The molecule has 3 aromatic rings. The molecule has 0 saturated carbocycles. The Morgan fingerprint density at radius 1 is 1.33 bits per heavy atom. The zero-order chi connectivity index (χ0) is 12.7. The van der Waals surface area contributed by atoms with Gasteiger partial charge in [0.05, 0.1) is 19.0 Å². The van der Waals surface area contributed by atoms with Crippen molar-refractivity contribution in [2.24, 2.45) is 7.05 Å². The molecule has 0 aliphatic heterocycles. The molecular formula is C10H11N7O. The van der Waals surface area contributed by atoms with Crippen molar-refractivity contribution in [3.63, 3.8) is 0 Å². The minimum Gasteiger partial charge on any atom is -0.479 e. The first-order valence-electron chi connectivity index (χ1n) is 5.22. The van der Waals surface area contributed by atoms with E-state index in [2.05, 4.69) is 20.1 Å². The Bertz CT molecular complexity index is 714. The van der Waals surface area contributed by atoms with Crippen LogP contribution in [0.15, 0.2) is 18.7 Å². The molecule has 0 atom stereocenters. The summed E-state index contributed by atoms with van der Waals surface area (Å²) in [7, 11) is 3.36. The summed E-state index contributed by atoms with van der Waals surface area (Å²) in [5, 5.41) is 4.10. The van der Waals surface area contributed by atoms with Crippen molar-refractivity contribution in [3.05, 3.63) is 18.7 Å². The summed E-state index contributed by atoms with van der Waals surface area (Å²) in [4.78, 5) is 12.4. The monoisotopic (exact) mass is 245 g/mol. The maximum Gasteiger partial charge on any atom is 0.245 e. The Hall–Kier alpha value is -2.64. The van der Waals surface area contributed by atoms with E-state index in [1.165, 1.54) is 13.4 Å². The Morgan fingerprint density at radius 2 is 2.17 bits per heavy atom. The molecule has 0 aliphatic rings. The molecule has 0 spiro atoms. The molecule has 0 radical (unpaired) electrons. The lowest BCUT2D eigenvalue weighted by molar-refractivity contribution is 0.401. The predicted molar refractivity (Wildman–Crippen MR) is 64.4 cm³/mol. The van der Waals surface area contributed by atoms with Crippen LogP contribution in [0.4, 0.5) is 5.95 Å². The van der Waals surface area contributed by atoms with Gasteiger partial charge in [-0.25, -0.2) is 9.97 Å². The van der Waals surface area contributed by atoms with Crippen molar-refractivity contribution >= 4 is 17.1 Å². The molecule has 8 nitrogen and oxygen atoms in total. The summed E-state index contributed by atoms with van der Waals surface area (Å²) < 4.78 is 8.51. The molecular weight excluding hydrogens is 234 g/mol. The van der Waals surface area contributed by atoms with Gasteiger partial charge in [0.25, 0.3) is 0 Å². The molecule has 18 heavy (non-hydrogen) atoms. The van der Waals surface area contributed by atoms with E-state index in [9.17, 15) is 0 Å². The summed E-state index contributed by atoms with van der Waals surface area (Å²) in [6.45, 7) is 0. The summed E-state index contributed by atoms with van der Waals surface area (Å²) in [5.74, 6) is 0.714. The van der Waals surface area contributed by atoms with Gasteiger partial charge in [0.1, 0.15) is 6.33 Å². The fourth-order valence-corrected chi connectivity index (χ4v) is 1.82. The zero-order valence-electron chi connectivity index (χ0n) is 9.90. The number of imidazole rings is 1. The number of aryl methyl sites for hydroxylation is 1. The highest BCUT2D eigenvalue weighted by Gasteiger charge is 2.16. The van der Waals surface area contributed by atoms with Crippen LogP contribution in [-0.2, 0) is 7.05 Å². The van der Waals surface area contributed by atoms with E-state index in [-0.39, 0.29) is 0 Å². The summed E-state index contributed by atoms with van der Waals surface area (Å²) in [6.07, 6.45) is 4.92. The van der Waals surface area contributed by atoms with E-state index < -0.39 is 0 Å². The maximum absolute atomic E-state index is 5.91. The van der Waals surface area contributed by atoms with Crippen LogP contribution in [-0.4, -0.2) is 36.4 Å². The van der Waals surface area contributed by atoms with Gasteiger partial charge >= 0.3 is 0 Å². The van der Waals surface area contributed by atoms with Crippen LogP contribution < -0.4 is 10.5 Å². The summed E-state index contributed by atoms with van der Waals surface area (Å²) in [5.41, 5.74) is 7.82. The molecule has 3 rings (SSSR count). The molecule has 3 heterocycles. The van der Waals surface area contributed by atoms with Crippen LogP contribution in [0.5, 0.6) is 5.88 Å². The molecule has 0 unspecified atom stereocenters. The number of hydrogen-bond donors (Lipinski definition) is 1. The third-order valence-corrected chi connectivity index (χ3v) is 2.58. The number of hydrogen-bond acceptors (Lipinski definition) is 6. The van der Waals surface area contributed by atoms with Crippen LogP contribution in [0, 0.1) is 0 Å². The average Bonchev–Trinajstić information content (AvgIpc) is 2.91. The predicted octanol–water partition coefficient (Wildman–Crippen LogP) is 0.140. The second-order valence-corrected chi connectivity index (χ2v) is 3.73. The molecule has 3 aromatic heterocycles. The largest absolute Gasteiger partial charge is 0.479 e. The SMILES string of the molecule is COc1ncnc2c1nc(N)n2-c1cnn(C)c1. The molecule has 0 aromatic carbocycles. The molecule has 0 amide bonds. The molecule has 2 N–H and O–H groups in total. The summed E-state index contributed by atoms with van der Waals surface area (Å²) >= 11 is 0. The van der Waals surface area contributed by atoms with E-state index in [0.29, 0.717) is 23.0 Å². The molecule has 0 aliphatic carbocycles. The number of anilines is 1.